The van der Waals surface area contributed by atoms with Crippen molar-refractivity contribution in [3.8, 4) is 11.4 Å². The lowest BCUT2D eigenvalue weighted by molar-refractivity contribution is -0.126. The average Bonchev–Trinajstić information content (AvgIpc) is 3.26. The Balaban J connectivity index is 1.34. The highest BCUT2D eigenvalue weighted by Crippen LogP contribution is 2.39. The molecule has 1 amide bonds. The van der Waals surface area contributed by atoms with E-state index in [0.717, 1.165) is 37.9 Å². The van der Waals surface area contributed by atoms with Gasteiger partial charge in [0.25, 0.3) is 0 Å². The molecule has 2 aromatic rings. The Bertz CT molecular complexity index is 764. The molecule has 26 heavy (non-hydrogen) atoms. The van der Waals surface area contributed by atoms with Crippen molar-refractivity contribution >= 4 is 5.91 Å². The number of amides is 1. The smallest absolute Gasteiger partial charge is 0.243 e. The highest BCUT2D eigenvalue weighted by molar-refractivity contribution is 5.75. The monoisotopic (exact) mass is 355 g/mol. The number of nitrogens with one attached hydrogen (secondary N) is 1. The van der Waals surface area contributed by atoms with Crippen LogP contribution < -0.4 is 5.32 Å². The molecule has 1 spiro atoms. The maximum atomic E-state index is 12.4. The molecule has 1 aliphatic carbocycles. The van der Waals surface area contributed by atoms with Gasteiger partial charge in [0.05, 0.1) is 5.60 Å². The van der Waals surface area contributed by atoms with E-state index in [2.05, 4.69) is 20.7 Å². The van der Waals surface area contributed by atoms with E-state index in [1.165, 1.54) is 23.2 Å². The van der Waals surface area contributed by atoms with Gasteiger partial charge in [0.1, 0.15) is 6.54 Å². The number of carbonyl (C=O) groups excluding carboxylic acids is 1. The summed E-state index contributed by atoms with van der Waals surface area (Å²) < 4.78 is 6.03. The van der Waals surface area contributed by atoms with Crippen molar-refractivity contribution < 1.29 is 9.53 Å². The predicted molar refractivity (Wildman–Crippen MR) is 96.3 cm³/mol. The summed E-state index contributed by atoms with van der Waals surface area (Å²) in [7, 11) is 0. The van der Waals surface area contributed by atoms with Crippen molar-refractivity contribution in [3.63, 3.8) is 0 Å². The van der Waals surface area contributed by atoms with Crippen LogP contribution in [0.25, 0.3) is 11.4 Å². The Morgan fingerprint density at radius 2 is 2.08 bits per heavy atom. The molecule has 1 N–H and O–H groups in total. The molecule has 2 heterocycles. The largest absolute Gasteiger partial charge is 0.375 e. The van der Waals surface area contributed by atoms with Crippen LogP contribution in [0, 0.1) is 6.92 Å². The minimum absolute atomic E-state index is 0.000309. The van der Waals surface area contributed by atoms with Crippen LogP contribution in [0.1, 0.15) is 44.1 Å². The van der Waals surface area contributed by atoms with Gasteiger partial charge in [0.2, 0.25) is 11.7 Å². The predicted octanol–water partition coefficient (Wildman–Crippen LogP) is 2.26. The molecule has 7 heteroatoms. The van der Waals surface area contributed by atoms with Crippen LogP contribution in [0.15, 0.2) is 24.3 Å². The number of nitrogens with zero attached hydrogens (tertiary/aromatic N) is 4. The third-order valence-electron chi connectivity index (χ3n) is 5.42. The lowest BCUT2D eigenvalue weighted by Crippen LogP contribution is -2.48. The van der Waals surface area contributed by atoms with Crippen LogP contribution in [-0.2, 0) is 16.1 Å². The molecule has 7 nitrogen and oxygen atoms in total. The number of carbonyl (C=O) groups is 1. The summed E-state index contributed by atoms with van der Waals surface area (Å²) in [4.78, 5) is 13.8. The van der Waals surface area contributed by atoms with Gasteiger partial charge in [-0.3, -0.25) is 4.79 Å². The van der Waals surface area contributed by atoms with Crippen LogP contribution in [0.3, 0.4) is 0 Å². The number of aromatic nitrogens is 4. The molecule has 1 aliphatic heterocycles. The number of aryl methyl sites for hydroxylation is 1. The number of hydrogen-bond donors (Lipinski definition) is 1. The second kappa shape index (κ2) is 7.15. The highest BCUT2D eigenvalue weighted by atomic mass is 16.5. The zero-order valence-electron chi connectivity index (χ0n) is 15.1. The third-order valence-corrected chi connectivity index (χ3v) is 5.42. The van der Waals surface area contributed by atoms with Crippen LogP contribution >= 0.6 is 0 Å². The van der Waals surface area contributed by atoms with E-state index in [4.69, 9.17) is 4.74 Å². The van der Waals surface area contributed by atoms with Crippen molar-refractivity contribution in [2.75, 3.05) is 6.61 Å². The maximum absolute atomic E-state index is 12.4. The van der Waals surface area contributed by atoms with E-state index in [0.29, 0.717) is 5.82 Å². The summed E-state index contributed by atoms with van der Waals surface area (Å²) in [6, 6.07) is 8.11. The van der Waals surface area contributed by atoms with E-state index >= 15 is 0 Å². The van der Waals surface area contributed by atoms with Gasteiger partial charge in [-0.1, -0.05) is 42.7 Å². The van der Waals surface area contributed by atoms with Crippen molar-refractivity contribution in [2.24, 2.45) is 0 Å². The highest BCUT2D eigenvalue weighted by Gasteiger charge is 2.40. The van der Waals surface area contributed by atoms with Crippen LogP contribution in [-0.4, -0.2) is 44.4 Å². The topological polar surface area (TPSA) is 81.9 Å². The fourth-order valence-electron chi connectivity index (χ4n) is 4.05. The SMILES string of the molecule is Cc1ccc(-c2nnn(CC(=O)NC3CCOC4(CCCC4)C3)n2)cc1. The molecular formula is C19H25N5O2. The van der Waals surface area contributed by atoms with Crippen LogP contribution in [0.2, 0.25) is 0 Å². The van der Waals surface area contributed by atoms with Crippen molar-refractivity contribution in [1.29, 1.82) is 0 Å². The Kier molecular flexibility index (Phi) is 4.72. The molecule has 0 radical (unpaired) electrons. The molecular weight excluding hydrogens is 330 g/mol. The first-order chi connectivity index (χ1) is 12.6. The van der Waals surface area contributed by atoms with E-state index in [-0.39, 0.29) is 24.1 Å². The number of benzene rings is 1. The molecule has 1 aromatic carbocycles. The summed E-state index contributed by atoms with van der Waals surface area (Å²) in [6.45, 7) is 2.84. The molecule has 2 fully saturated rings. The quantitative estimate of drug-likeness (QED) is 0.910. The molecule has 1 unspecified atom stereocenters. The van der Waals surface area contributed by atoms with Gasteiger partial charge in [-0.05, 0) is 37.8 Å². The summed E-state index contributed by atoms with van der Waals surface area (Å²) in [5.41, 5.74) is 2.08. The molecule has 4 rings (SSSR count). The molecule has 138 valence electrons. The van der Waals surface area contributed by atoms with E-state index in [1.807, 2.05) is 31.2 Å². The van der Waals surface area contributed by atoms with Gasteiger partial charge >= 0.3 is 0 Å². The third kappa shape index (κ3) is 3.77. The van der Waals surface area contributed by atoms with Crippen LogP contribution in [0.5, 0.6) is 0 Å². The summed E-state index contributed by atoms with van der Waals surface area (Å²) in [6.07, 6.45) is 6.47. The minimum atomic E-state index is -0.0714. The second-order valence-corrected chi connectivity index (χ2v) is 7.51. The fourth-order valence-corrected chi connectivity index (χ4v) is 4.05. The Hall–Kier alpha value is -2.28. The number of hydrogen-bond acceptors (Lipinski definition) is 5. The lowest BCUT2D eigenvalue weighted by atomic mass is 9.89. The molecule has 1 aromatic heterocycles. The maximum Gasteiger partial charge on any atom is 0.243 e. The first kappa shape index (κ1) is 17.1. The van der Waals surface area contributed by atoms with Gasteiger partial charge in [0.15, 0.2) is 0 Å². The molecule has 1 saturated carbocycles. The zero-order valence-corrected chi connectivity index (χ0v) is 15.1. The Labute approximate surface area is 153 Å². The minimum Gasteiger partial charge on any atom is -0.375 e. The standard InChI is InChI=1S/C19H25N5O2/c1-14-4-6-15(7-5-14)18-21-23-24(22-18)13-17(25)20-16-8-11-26-19(12-16)9-2-3-10-19/h4-7,16H,2-3,8-13H2,1H3,(H,20,25). The molecule has 0 bridgehead atoms. The number of rotatable bonds is 4. The van der Waals surface area contributed by atoms with Gasteiger partial charge in [0, 0.05) is 18.2 Å². The molecule has 1 saturated heterocycles. The molecule has 1 atom stereocenters. The van der Waals surface area contributed by atoms with Crippen molar-refractivity contribution in [2.45, 2.75) is 63.6 Å². The Morgan fingerprint density at radius 1 is 1.31 bits per heavy atom. The Morgan fingerprint density at radius 3 is 2.85 bits per heavy atom. The van der Waals surface area contributed by atoms with Crippen LogP contribution in [0.4, 0.5) is 0 Å². The lowest BCUT2D eigenvalue weighted by Gasteiger charge is -2.38. The zero-order chi connectivity index (χ0) is 18.0. The second-order valence-electron chi connectivity index (χ2n) is 7.51. The summed E-state index contributed by atoms with van der Waals surface area (Å²) in [5, 5.41) is 15.5. The first-order valence-corrected chi connectivity index (χ1v) is 9.40. The van der Waals surface area contributed by atoms with E-state index in [1.54, 1.807) is 0 Å². The van der Waals surface area contributed by atoms with Crippen molar-refractivity contribution in [3.05, 3.63) is 29.8 Å². The van der Waals surface area contributed by atoms with E-state index in [9.17, 15) is 4.79 Å². The summed E-state index contributed by atoms with van der Waals surface area (Å²) >= 11 is 0. The fraction of sp³-hybridized carbons (Fsp3) is 0.579. The molecule has 2 aliphatic rings. The van der Waals surface area contributed by atoms with Gasteiger partial charge in [-0.25, -0.2) is 0 Å². The normalized spacial score (nSPS) is 21.8. The first-order valence-electron chi connectivity index (χ1n) is 9.40. The van der Waals surface area contributed by atoms with Gasteiger partial charge in [-0.15, -0.1) is 10.2 Å². The average molecular weight is 355 g/mol. The van der Waals surface area contributed by atoms with E-state index < -0.39 is 0 Å². The number of tetrazole rings is 1. The summed E-state index contributed by atoms with van der Waals surface area (Å²) in [5.74, 6) is 0.465. The van der Waals surface area contributed by atoms with Gasteiger partial charge < -0.3 is 10.1 Å². The van der Waals surface area contributed by atoms with Crippen molar-refractivity contribution in [1.82, 2.24) is 25.5 Å². The van der Waals surface area contributed by atoms with Gasteiger partial charge in [-0.2, -0.15) is 4.80 Å². The number of ether oxygens (including phenoxy) is 1.